The summed E-state index contributed by atoms with van der Waals surface area (Å²) in [5, 5.41) is 39.7. The standard InChI is InChI=1S/C6H14O2.C4H8O.BH3O3/c1-5(2,7)6(3,4)8;1-2-4-5-3-1;2-1(3)4/h7-8H,1-4H3;1-4H2;2-4H. The van der Waals surface area contributed by atoms with Crippen LogP contribution in [0.25, 0.3) is 0 Å². The normalized spacial score (nSPS) is 15.4. The van der Waals surface area contributed by atoms with Crippen molar-refractivity contribution in [2.45, 2.75) is 51.7 Å². The van der Waals surface area contributed by atoms with Gasteiger partial charge in [0.1, 0.15) is 0 Å². The van der Waals surface area contributed by atoms with Crippen LogP contribution in [0, 0.1) is 0 Å². The Morgan fingerprint density at radius 1 is 0.824 bits per heavy atom. The number of hydrogen-bond acceptors (Lipinski definition) is 6. The van der Waals surface area contributed by atoms with Crippen LogP contribution in [-0.2, 0) is 4.74 Å². The molecular formula is C10H25BO6. The van der Waals surface area contributed by atoms with E-state index in [9.17, 15) is 0 Å². The molecule has 0 unspecified atom stereocenters. The molecule has 0 bridgehead atoms. The van der Waals surface area contributed by atoms with Crippen molar-refractivity contribution in [3.8, 4) is 0 Å². The average molecular weight is 252 g/mol. The lowest BCUT2D eigenvalue weighted by atomic mass is 9.90. The van der Waals surface area contributed by atoms with Gasteiger partial charge in [-0.25, -0.2) is 0 Å². The zero-order chi connectivity index (χ0) is 14.1. The third-order valence-corrected chi connectivity index (χ3v) is 2.32. The lowest BCUT2D eigenvalue weighted by Crippen LogP contribution is -2.44. The molecule has 104 valence electrons. The molecule has 0 saturated carbocycles. The molecule has 0 aromatic carbocycles. The Morgan fingerprint density at radius 2 is 1.06 bits per heavy atom. The first-order chi connectivity index (χ1) is 7.48. The van der Waals surface area contributed by atoms with Gasteiger partial charge in [-0.3, -0.25) is 0 Å². The quantitative estimate of drug-likeness (QED) is 0.394. The summed E-state index contributed by atoms with van der Waals surface area (Å²) in [5.74, 6) is 0. The summed E-state index contributed by atoms with van der Waals surface area (Å²) in [6.07, 6.45) is 2.56. The van der Waals surface area contributed by atoms with Crippen LogP contribution in [0.5, 0.6) is 0 Å². The molecule has 1 heterocycles. The van der Waals surface area contributed by atoms with E-state index in [0.717, 1.165) is 13.2 Å². The van der Waals surface area contributed by atoms with Gasteiger partial charge in [0.15, 0.2) is 0 Å². The maximum Gasteiger partial charge on any atom is 0.631 e. The van der Waals surface area contributed by atoms with Crippen LogP contribution in [-0.4, -0.2) is 57.0 Å². The smallest absolute Gasteiger partial charge is 0.402 e. The van der Waals surface area contributed by atoms with E-state index in [-0.39, 0.29) is 0 Å². The fourth-order valence-electron chi connectivity index (χ4n) is 0.510. The Hall–Kier alpha value is -0.175. The Morgan fingerprint density at radius 3 is 1.12 bits per heavy atom. The molecule has 0 amide bonds. The minimum atomic E-state index is -2.17. The van der Waals surface area contributed by atoms with Gasteiger partial charge < -0.3 is 30.0 Å². The highest BCUT2D eigenvalue weighted by molar-refractivity contribution is 6.30. The molecule has 1 fully saturated rings. The monoisotopic (exact) mass is 252 g/mol. The molecule has 0 aliphatic carbocycles. The first kappa shape index (κ1) is 19.2. The minimum absolute atomic E-state index is 1.00. The van der Waals surface area contributed by atoms with Gasteiger partial charge in [0.2, 0.25) is 0 Å². The summed E-state index contributed by atoms with van der Waals surface area (Å²) >= 11 is 0. The fourth-order valence-corrected chi connectivity index (χ4v) is 0.510. The summed E-state index contributed by atoms with van der Waals surface area (Å²) in [5.41, 5.74) is -2.01. The summed E-state index contributed by atoms with van der Waals surface area (Å²) in [6.45, 7) is 8.31. The van der Waals surface area contributed by atoms with E-state index in [1.807, 2.05) is 0 Å². The van der Waals surface area contributed by atoms with Crippen LogP contribution in [0.1, 0.15) is 40.5 Å². The highest BCUT2D eigenvalue weighted by Gasteiger charge is 2.31. The fraction of sp³-hybridized carbons (Fsp3) is 1.00. The van der Waals surface area contributed by atoms with E-state index in [1.54, 1.807) is 27.7 Å². The second-order valence-electron chi connectivity index (χ2n) is 4.78. The van der Waals surface area contributed by atoms with E-state index >= 15 is 0 Å². The number of hydrogen-bond donors (Lipinski definition) is 5. The van der Waals surface area contributed by atoms with Gasteiger partial charge in [-0.15, -0.1) is 0 Å². The van der Waals surface area contributed by atoms with Gasteiger partial charge in [0.05, 0.1) is 11.2 Å². The zero-order valence-electron chi connectivity index (χ0n) is 11.1. The van der Waals surface area contributed by atoms with Gasteiger partial charge >= 0.3 is 7.32 Å². The van der Waals surface area contributed by atoms with Gasteiger partial charge in [-0.05, 0) is 40.5 Å². The number of rotatable bonds is 1. The maximum absolute atomic E-state index is 9.10. The van der Waals surface area contributed by atoms with Crippen molar-refractivity contribution in [3.05, 3.63) is 0 Å². The van der Waals surface area contributed by atoms with Crippen LogP contribution < -0.4 is 0 Å². The van der Waals surface area contributed by atoms with Gasteiger partial charge in [0, 0.05) is 13.2 Å². The van der Waals surface area contributed by atoms with Crippen LogP contribution in [0.3, 0.4) is 0 Å². The summed E-state index contributed by atoms with van der Waals surface area (Å²) < 4.78 is 4.94. The van der Waals surface area contributed by atoms with Gasteiger partial charge in [-0.2, -0.15) is 0 Å². The predicted octanol–water partition coefficient (Wildman–Crippen LogP) is -0.727. The molecule has 5 N–H and O–H groups in total. The summed E-state index contributed by atoms with van der Waals surface area (Å²) in [4.78, 5) is 0. The Labute approximate surface area is 103 Å². The first-order valence-electron chi connectivity index (χ1n) is 5.55. The lowest BCUT2D eigenvalue weighted by molar-refractivity contribution is -0.107. The highest BCUT2D eigenvalue weighted by atomic mass is 16.5. The molecule has 1 aliphatic rings. The molecule has 6 nitrogen and oxygen atoms in total. The van der Waals surface area contributed by atoms with Crippen molar-refractivity contribution < 1.29 is 30.0 Å². The van der Waals surface area contributed by atoms with E-state index in [4.69, 9.17) is 30.0 Å². The Balaban J connectivity index is 0. The van der Waals surface area contributed by atoms with Crippen LogP contribution in [0.2, 0.25) is 0 Å². The lowest BCUT2D eigenvalue weighted by Gasteiger charge is -2.31. The average Bonchev–Trinajstić information content (AvgIpc) is 2.53. The van der Waals surface area contributed by atoms with E-state index < -0.39 is 18.5 Å². The third kappa shape index (κ3) is 15.8. The number of ether oxygens (including phenoxy) is 1. The molecule has 7 heteroatoms. The third-order valence-electron chi connectivity index (χ3n) is 2.32. The molecule has 17 heavy (non-hydrogen) atoms. The van der Waals surface area contributed by atoms with Crippen molar-refractivity contribution >= 4 is 7.32 Å². The molecule has 0 radical (unpaired) electrons. The van der Waals surface area contributed by atoms with E-state index in [0.29, 0.717) is 0 Å². The topological polar surface area (TPSA) is 110 Å². The van der Waals surface area contributed by atoms with Crippen molar-refractivity contribution in [1.82, 2.24) is 0 Å². The summed E-state index contributed by atoms with van der Waals surface area (Å²) in [6, 6.07) is 0. The molecule has 0 aromatic heterocycles. The Kier molecular flexibility index (Phi) is 9.98. The molecule has 1 saturated heterocycles. The van der Waals surface area contributed by atoms with Crippen LogP contribution in [0.15, 0.2) is 0 Å². The van der Waals surface area contributed by atoms with Crippen molar-refractivity contribution in [2.24, 2.45) is 0 Å². The molecule has 0 atom stereocenters. The first-order valence-corrected chi connectivity index (χ1v) is 5.55. The maximum atomic E-state index is 9.10. The zero-order valence-corrected chi connectivity index (χ0v) is 11.1. The molecule has 0 aromatic rings. The Bertz CT molecular complexity index is 146. The number of aliphatic hydroxyl groups is 2. The SMILES string of the molecule is C1CCOC1.CC(C)(O)C(C)(C)O.OB(O)O. The summed E-state index contributed by atoms with van der Waals surface area (Å²) in [7, 11) is -2.17. The van der Waals surface area contributed by atoms with E-state index in [1.165, 1.54) is 12.8 Å². The van der Waals surface area contributed by atoms with E-state index in [2.05, 4.69) is 0 Å². The van der Waals surface area contributed by atoms with Gasteiger partial charge in [-0.1, -0.05) is 0 Å². The highest BCUT2D eigenvalue weighted by Crippen LogP contribution is 2.19. The molecule has 1 rings (SSSR count). The predicted molar refractivity (Wildman–Crippen MR) is 65.1 cm³/mol. The van der Waals surface area contributed by atoms with Crippen molar-refractivity contribution in [3.63, 3.8) is 0 Å². The molecule has 1 aliphatic heterocycles. The van der Waals surface area contributed by atoms with Crippen molar-refractivity contribution in [2.75, 3.05) is 13.2 Å². The van der Waals surface area contributed by atoms with Crippen LogP contribution in [0.4, 0.5) is 0 Å². The second kappa shape index (κ2) is 8.85. The largest absolute Gasteiger partial charge is 0.631 e. The molecular weight excluding hydrogens is 227 g/mol. The van der Waals surface area contributed by atoms with Gasteiger partial charge in [0.25, 0.3) is 0 Å². The van der Waals surface area contributed by atoms with Crippen molar-refractivity contribution in [1.29, 1.82) is 0 Å². The minimum Gasteiger partial charge on any atom is -0.402 e. The second-order valence-corrected chi connectivity index (χ2v) is 4.78. The molecule has 0 spiro atoms. The van der Waals surface area contributed by atoms with Crippen LogP contribution >= 0.6 is 0 Å².